The van der Waals surface area contributed by atoms with Gasteiger partial charge in [-0.25, -0.2) is 0 Å². The van der Waals surface area contributed by atoms with Gasteiger partial charge in [-0.1, -0.05) is 0 Å². The zero-order chi connectivity index (χ0) is 7.44. The maximum Gasteiger partial charge on any atom is 1.00 e. The first-order valence-corrected chi connectivity index (χ1v) is 2.60. The second-order valence-corrected chi connectivity index (χ2v) is 1.99. The van der Waals surface area contributed by atoms with E-state index in [1.54, 1.807) is 14.1 Å². The monoisotopic (exact) mass is 151 g/mol. The summed E-state index contributed by atoms with van der Waals surface area (Å²) in [5.41, 5.74) is 0. The van der Waals surface area contributed by atoms with Gasteiger partial charge >= 0.3 is 29.6 Å². The van der Waals surface area contributed by atoms with Gasteiger partial charge in [0.1, 0.15) is 0 Å². The van der Waals surface area contributed by atoms with Gasteiger partial charge in [0.05, 0.1) is 0 Å². The van der Waals surface area contributed by atoms with Gasteiger partial charge in [0, 0.05) is 14.1 Å². The third-order valence-electron chi connectivity index (χ3n) is 0.768. The Kier molecular flexibility index (Phi) is 7.31. The van der Waals surface area contributed by atoms with Crippen LogP contribution < -0.4 is 34.7 Å². The van der Waals surface area contributed by atoms with Crippen LogP contribution in [0.1, 0.15) is 6.92 Å². The second kappa shape index (κ2) is 5.77. The van der Waals surface area contributed by atoms with Gasteiger partial charge in [0.15, 0.2) is 5.78 Å². The summed E-state index contributed by atoms with van der Waals surface area (Å²) in [7, 11) is 3.20. The van der Waals surface area contributed by atoms with Gasteiger partial charge in [0.2, 0.25) is 0 Å². The number of ketones is 1. The zero-order valence-electron chi connectivity index (χ0n) is 6.84. The average Bonchev–Trinajstić information content (AvgIpc) is 1.63. The number of allylic oxidation sites excluding steroid dienone is 1. The summed E-state index contributed by atoms with van der Waals surface area (Å²) < 4.78 is 0. The van der Waals surface area contributed by atoms with Crippen molar-refractivity contribution < 1.29 is 39.5 Å². The molecule has 0 aromatic heterocycles. The van der Waals surface area contributed by atoms with Crippen LogP contribution in [0.25, 0.3) is 0 Å². The zero-order valence-corrected chi connectivity index (χ0v) is 8.84. The van der Waals surface area contributed by atoms with Crippen LogP contribution in [0.2, 0.25) is 0 Å². The van der Waals surface area contributed by atoms with E-state index in [0.717, 1.165) is 6.08 Å². The summed E-state index contributed by atoms with van der Waals surface area (Å²) in [4.78, 5) is 11.6. The van der Waals surface area contributed by atoms with E-state index in [9.17, 15) is 9.90 Å². The predicted molar refractivity (Wildman–Crippen MR) is 32.5 cm³/mol. The molecule has 0 unspecified atom stereocenters. The smallest absolute Gasteiger partial charge is 0.860 e. The fourth-order valence-corrected chi connectivity index (χ4v) is 0.303. The van der Waals surface area contributed by atoms with E-state index in [1.807, 2.05) is 0 Å². The van der Waals surface area contributed by atoms with Crippen LogP contribution in [-0.2, 0) is 4.79 Å². The van der Waals surface area contributed by atoms with Gasteiger partial charge in [-0.2, -0.15) is 0 Å². The molecular formula is C6H10NNaO2. The molecule has 0 atom stereocenters. The van der Waals surface area contributed by atoms with Crippen LogP contribution in [0.15, 0.2) is 12.0 Å². The van der Waals surface area contributed by atoms with Crippen molar-refractivity contribution in [1.82, 2.24) is 4.90 Å². The molecule has 10 heavy (non-hydrogen) atoms. The summed E-state index contributed by atoms with van der Waals surface area (Å²) in [5, 5.41) is 10.6. The fourth-order valence-electron chi connectivity index (χ4n) is 0.303. The fraction of sp³-hybridized carbons (Fsp3) is 0.500. The Balaban J connectivity index is 0. The summed E-state index contributed by atoms with van der Waals surface area (Å²) >= 11 is 0. The molecule has 3 nitrogen and oxygen atoms in total. The van der Waals surface area contributed by atoms with E-state index < -0.39 is 0 Å². The molecule has 0 rings (SSSR count). The van der Waals surface area contributed by atoms with Crippen molar-refractivity contribution in [3.8, 4) is 0 Å². The number of hydrogen-bond donors (Lipinski definition) is 0. The number of carbonyl (C=O) groups is 1. The van der Waals surface area contributed by atoms with Crippen molar-refractivity contribution in [3.05, 3.63) is 12.0 Å². The molecule has 0 amide bonds. The molecule has 0 aliphatic carbocycles. The molecule has 0 aliphatic heterocycles. The topological polar surface area (TPSA) is 43.4 Å². The minimum Gasteiger partial charge on any atom is -0.860 e. The van der Waals surface area contributed by atoms with E-state index in [0.29, 0.717) is 0 Å². The van der Waals surface area contributed by atoms with E-state index in [4.69, 9.17) is 0 Å². The Morgan fingerprint density at radius 3 is 2.00 bits per heavy atom. The average molecular weight is 151 g/mol. The molecule has 0 spiro atoms. The number of carbonyl (C=O) groups excluding carboxylic acids is 1. The summed E-state index contributed by atoms with van der Waals surface area (Å²) in [6, 6.07) is 0. The van der Waals surface area contributed by atoms with Crippen LogP contribution in [0, 0.1) is 0 Å². The van der Waals surface area contributed by atoms with Crippen molar-refractivity contribution in [3.63, 3.8) is 0 Å². The Morgan fingerprint density at radius 2 is 1.90 bits per heavy atom. The molecule has 0 aromatic carbocycles. The van der Waals surface area contributed by atoms with Gasteiger partial charge in [-0.15, -0.1) is 0 Å². The molecule has 4 heteroatoms. The Hall–Kier alpha value is 0.0100. The second-order valence-electron chi connectivity index (χ2n) is 1.99. The Labute approximate surface area is 83.0 Å². The first-order chi connectivity index (χ1) is 4.04. The van der Waals surface area contributed by atoms with Crippen LogP contribution >= 0.6 is 0 Å². The molecule has 52 valence electrons. The summed E-state index contributed by atoms with van der Waals surface area (Å²) in [6.45, 7) is 1.35. The van der Waals surface area contributed by atoms with Crippen molar-refractivity contribution in [2.45, 2.75) is 6.92 Å². The van der Waals surface area contributed by atoms with Crippen molar-refractivity contribution in [2.24, 2.45) is 0 Å². The van der Waals surface area contributed by atoms with Gasteiger partial charge in [-0.3, -0.25) is 4.79 Å². The number of nitrogens with zero attached hydrogens (tertiary/aromatic N) is 1. The quantitative estimate of drug-likeness (QED) is 0.232. The van der Waals surface area contributed by atoms with Crippen LogP contribution in [0.3, 0.4) is 0 Å². The maximum absolute atomic E-state index is 10.6. The predicted octanol–water partition coefficient (Wildman–Crippen LogP) is -3.66. The Morgan fingerprint density at radius 1 is 1.50 bits per heavy atom. The van der Waals surface area contributed by atoms with Gasteiger partial charge in [0.25, 0.3) is 0 Å². The third kappa shape index (κ3) is 6.13. The van der Waals surface area contributed by atoms with Crippen LogP contribution in [-0.4, -0.2) is 24.8 Å². The normalized spacial score (nSPS) is 10.1. The molecule has 0 fully saturated rings. The van der Waals surface area contributed by atoms with Gasteiger partial charge < -0.3 is 10.0 Å². The standard InChI is InChI=1S/C6H11NO2.Na/c1-5(8)4-6(9)7(2)3;/h4,9H,1-3H3;/q;+1/p-1. The molecule has 0 aliphatic rings. The number of hydrogen-bond acceptors (Lipinski definition) is 3. The molecule has 0 N–H and O–H groups in total. The van der Waals surface area contributed by atoms with E-state index >= 15 is 0 Å². The van der Waals surface area contributed by atoms with Crippen molar-refractivity contribution in [2.75, 3.05) is 14.1 Å². The number of rotatable bonds is 2. The maximum atomic E-state index is 10.6. The van der Waals surface area contributed by atoms with Crippen molar-refractivity contribution in [1.29, 1.82) is 0 Å². The molecule has 0 radical (unpaired) electrons. The third-order valence-corrected chi connectivity index (χ3v) is 0.768. The largest absolute Gasteiger partial charge is 1.00 e. The first kappa shape index (κ1) is 12.7. The molecule has 0 saturated heterocycles. The molecule has 0 heterocycles. The van der Waals surface area contributed by atoms with E-state index in [2.05, 4.69) is 0 Å². The minimum absolute atomic E-state index is 0. The first-order valence-electron chi connectivity index (χ1n) is 2.60. The van der Waals surface area contributed by atoms with Crippen molar-refractivity contribution >= 4 is 5.78 Å². The summed E-state index contributed by atoms with van der Waals surface area (Å²) in [5.74, 6) is -0.476. The molecular weight excluding hydrogens is 141 g/mol. The van der Waals surface area contributed by atoms with Crippen LogP contribution in [0.5, 0.6) is 0 Å². The Bertz CT molecular complexity index is 143. The van der Waals surface area contributed by atoms with E-state index in [-0.39, 0.29) is 41.2 Å². The van der Waals surface area contributed by atoms with Crippen LogP contribution in [0.4, 0.5) is 0 Å². The van der Waals surface area contributed by atoms with E-state index in [1.165, 1.54) is 11.8 Å². The molecule has 0 aromatic rings. The molecule has 0 saturated carbocycles. The summed E-state index contributed by atoms with van der Waals surface area (Å²) in [6.07, 6.45) is 1.06. The van der Waals surface area contributed by atoms with Gasteiger partial charge in [-0.05, 0) is 18.9 Å². The molecule has 0 bridgehead atoms. The minimum atomic E-state index is -0.262. The SMILES string of the molecule is CC(=O)C=C([O-])N(C)C.[Na+].